The Hall–Kier alpha value is -1.22. The first-order valence-electron chi connectivity index (χ1n) is 6.05. The van der Waals surface area contributed by atoms with Gasteiger partial charge in [-0.1, -0.05) is 47.5 Å². The molecule has 0 aromatic heterocycles. The van der Waals surface area contributed by atoms with E-state index in [2.05, 4.69) is 12.1 Å². The molecule has 0 aliphatic rings. The van der Waals surface area contributed by atoms with E-state index in [0.29, 0.717) is 28.9 Å². The Labute approximate surface area is 123 Å². The zero-order valence-electron chi connectivity index (χ0n) is 10.4. The topological polar surface area (TPSA) is 35.2 Å². The predicted molar refractivity (Wildman–Crippen MR) is 80.0 cm³/mol. The Bertz CT molecular complexity index is 540. The fraction of sp³-hybridized carbons (Fsp3) is 0.200. The van der Waals surface area contributed by atoms with Crippen LogP contribution in [0.4, 0.5) is 0 Å². The monoisotopic (exact) mass is 295 g/mol. The smallest absolute Gasteiger partial charge is 0.121 e. The molecule has 2 N–H and O–H groups in total. The van der Waals surface area contributed by atoms with Gasteiger partial charge in [-0.2, -0.15) is 0 Å². The van der Waals surface area contributed by atoms with Gasteiger partial charge in [0.25, 0.3) is 0 Å². The summed E-state index contributed by atoms with van der Waals surface area (Å²) in [6.07, 6.45) is 0.897. The van der Waals surface area contributed by atoms with Crippen molar-refractivity contribution < 1.29 is 4.74 Å². The first-order valence-corrected chi connectivity index (χ1v) is 6.80. The van der Waals surface area contributed by atoms with Crippen LogP contribution in [0.15, 0.2) is 42.5 Å². The molecule has 2 aromatic carbocycles. The van der Waals surface area contributed by atoms with Crippen molar-refractivity contribution in [2.24, 2.45) is 5.73 Å². The van der Waals surface area contributed by atoms with Crippen LogP contribution in [0.1, 0.15) is 11.1 Å². The summed E-state index contributed by atoms with van der Waals surface area (Å²) in [7, 11) is 0. The second-order valence-corrected chi connectivity index (χ2v) is 5.03. The highest BCUT2D eigenvalue weighted by molar-refractivity contribution is 6.42. The lowest BCUT2D eigenvalue weighted by Crippen LogP contribution is -2.02. The summed E-state index contributed by atoms with van der Waals surface area (Å²) < 4.78 is 5.66. The fourth-order valence-electron chi connectivity index (χ4n) is 1.70. The number of nitrogens with two attached hydrogens (primary N) is 1. The maximum atomic E-state index is 5.93. The van der Waals surface area contributed by atoms with Gasteiger partial charge in [-0.3, -0.25) is 0 Å². The highest BCUT2D eigenvalue weighted by atomic mass is 35.5. The molecule has 0 atom stereocenters. The van der Waals surface area contributed by atoms with Crippen LogP contribution in [0, 0.1) is 0 Å². The fourth-order valence-corrected chi connectivity index (χ4v) is 1.99. The van der Waals surface area contributed by atoms with Gasteiger partial charge >= 0.3 is 0 Å². The van der Waals surface area contributed by atoms with E-state index in [1.54, 1.807) is 18.2 Å². The van der Waals surface area contributed by atoms with Gasteiger partial charge in [-0.25, -0.2) is 0 Å². The number of benzene rings is 2. The number of hydrogen-bond acceptors (Lipinski definition) is 2. The van der Waals surface area contributed by atoms with E-state index < -0.39 is 0 Å². The Balaban J connectivity index is 1.96. The standard InChI is InChI=1S/C15H15Cl2NO/c16-14-6-5-13(9-15(14)17)19-10-12-3-1-11(2-4-12)7-8-18/h1-6,9H,7-8,10,18H2. The minimum Gasteiger partial charge on any atom is -0.489 e. The molecule has 0 aliphatic heterocycles. The highest BCUT2D eigenvalue weighted by Crippen LogP contribution is 2.26. The average molecular weight is 296 g/mol. The number of rotatable bonds is 5. The summed E-state index contributed by atoms with van der Waals surface area (Å²) in [5, 5.41) is 1.03. The largest absolute Gasteiger partial charge is 0.489 e. The summed E-state index contributed by atoms with van der Waals surface area (Å²) in [6.45, 7) is 1.17. The van der Waals surface area contributed by atoms with Crippen LogP contribution >= 0.6 is 23.2 Å². The van der Waals surface area contributed by atoms with Gasteiger partial charge in [0.1, 0.15) is 12.4 Å². The van der Waals surface area contributed by atoms with E-state index in [4.69, 9.17) is 33.7 Å². The Morgan fingerprint density at radius 1 is 0.895 bits per heavy atom. The number of hydrogen-bond donors (Lipinski definition) is 1. The van der Waals surface area contributed by atoms with E-state index in [1.807, 2.05) is 12.1 Å². The zero-order chi connectivity index (χ0) is 13.7. The van der Waals surface area contributed by atoms with Gasteiger partial charge < -0.3 is 10.5 Å². The van der Waals surface area contributed by atoms with Crippen LogP contribution in [-0.2, 0) is 13.0 Å². The number of ether oxygens (including phenoxy) is 1. The molecule has 0 fully saturated rings. The lowest BCUT2D eigenvalue weighted by molar-refractivity contribution is 0.306. The van der Waals surface area contributed by atoms with Crippen molar-refractivity contribution in [3.8, 4) is 5.75 Å². The Kier molecular flexibility index (Phi) is 5.08. The third-order valence-electron chi connectivity index (χ3n) is 2.75. The molecule has 100 valence electrons. The van der Waals surface area contributed by atoms with E-state index in [0.717, 1.165) is 12.0 Å². The van der Waals surface area contributed by atoms with Gasteiger partial charge in [-0.05, 0) is 36.2 Å². The van der Waals surface area contributed by atoms with Crippen LogP contribution in [-0.4, -0.2) is 6.54 Å². The van der Waals surface area contributed by atoms with Crippen LogP contribution < -0.4 is 10.5 Å². The van der Waals surface area contributed by atoms with Gasteiger partial charge in [0.2, 0.25) is 0 Å². The Morgan fingerprint density at radius 3 is 2.21 bits per heavy atom. The molecular formula is C15H15Cl2NO. The molecule has 19 heavy (non-hydrogen) atoms. The lowest BCUT2D eigenvalue weighted by atomic mass is 10.1. The molecule has 0 bridgehead atoms. The van der Waals surface area contributed by atoms with Gasteiger partial charge in [-0.15, -0.1) is 0 Å². The zero-order valence-corrected chi connectivity index (χ0v) is 11.9. The second kappa shape index (κ2) is 6.80. The molecule has 0 spiro atoms. The lowest BCUT2D eigenvalue weighted by Gasteiger charge is -2.08. The summed E-state index contributed by atoms with van der Waals surface area (Å²) in [6, 6.07) is 13.5. The molecule has 0 amide bonds. The molecule has 0 unspecified atom stereocenters. The third-order valence-corrected chi connectivity index (χ3v) is 3.49. The van der Waals surface area contributed by atoms with Crippen molar-refractivity contribution in [3.63, 3.8) is 0 Å². The molecular weight excluding hydrogens is 281 g/mol. The second-order valence-electron chi connectivity index (χ2n) is 4.22. The maximum Gasteiger partial charge on any atom is 0.121 e. The molecule has 2 rings (SSSR count). The molecule has 0 heterocycles. The molecule has 0 saturated carbocycles. The van der Waals surface area contributed by atoms with E-state index in [9.17, 15) is 0 Å². The summed E-state index contributed by atoms with van der Waals surface area (Å²) in [5.74, 6) is 0.709. The van der Waals surface area contributed by atoms with Crippen molar-refractivity contribution in [3.05, 3.63) is 63.6 Å². The molecule has 0 saturated heterocycles. The van der Waals surface area contributed by atoms with Crippen molar-refractivity contribution >= 4 is 23.2 Å². The minimum absolute atomic E-state index is 0.498. The molecule has 0 aliphatic carbocycles. The van der Waals surface area contributed by atoms with E-state index in [-0.39, 0.29) is 0 Å². The molecule has 0 radical (unpaired) electrons. The highest BCUT2D eigenvalue weighted by Gasteiger charge is 2.01. The van der Waals surface area contributed by atoms with Crippen molar-refractivity contribution in [1.29, 1.82) is 0 Å². The molecule has 2 nitrogen and oxygen atoms in total. The first kappa shape index (κ1) is 14.2. The van der Waals surface area contributed by atoms with Crippen molar-refractivity contribution in [2.75, 3.05) is 6.54 Å². The first-order chi connectivity index (χ1) is 9.19. The third kappa shape index (κ3) is 4.13. The molecule has 2 aromatic rings. The van der Waals surface area contributed by atoms with Crippen LogP contribution in [0.2, 0.25) is 10.0 Å². The van der Waals surface area contributed by atoms with Gasteiger partial charge in [0, 0.05) is 6.07 Å². The summed E-state index contributed by atoms with van der Waals surface area (Å²) in [4.78, 5) is 0. The van der Waals surface area contributed by atoms with Crippen LogP contribution in [0.3, 0.4) is 0 Å². The quantitative estimate of drug-likeness (QED) is 0.902. The van der Waals surface area contributed by atoms with E-state index >= 15 is 0 Å². The average Bonchev–Trinajstić information content (AvgIpc) is 2.42. The maximum absolute atomic E-state index is 5.93. The van der Waals surface area contributed by atoms with E-state index in [1.165, 1.54) is 5.56 Å². The normalized spacial score (nSPS) is 10.5. The summed E-state index contributed by atoms with van der Waals surface area (Å²) in [5.41, 5.74) is 7.85. The SMILES string of the molecule is NCCc1ccc(COc2ccc(Cl)c(Cl)c2)cc1. The Morgan fingerprint density at radius 2 is 1.58 bits per heavy atom. The predicted octanol–water partition coefficient (Wildman–Crippen LogP) is 4.07. The van der Waals surface area contributed by atoms with Crippen LogP contribution in [0.25, 0.3) is 0 Å². The van der Waals surface area contributed by atoms with Crippen molar-refractivity contribution in [1.82, 2.24) is 0 Å². The summed E-state index contributed by atoms with van der Waals surface area (Å²) >= 11 is 11.8. The molecule has 4 heteroatoms. The van der Waals surface area contributed by atoms with Gasteiger partial charge in [0.15, 0.2) is 0 Å². The van der Waals surface area contributed by atoms with Gasteiger partial charge in [0.05, 0.1) is 10.0 Å². The number of halogens is 2. The van der Waals surface area contributed by atoms with Crippen LogP contribution in [0.5, 0.6) is 5.75 Å². The minimum atomic E-state index is 0.498. The van der Waals surface area contributed by atoms with Crippen molar-refractivity contribution in [2.45, 2.75) is 13.0 Å².